The summed E-state index contributed by atoms with van der Waals surface area (Å²) in [5.41, 5.74) is 0.440. The van der Waals surface area contributed by atoms with Crippen LogP contribution in [0.4, 0.5) is 4.39 Å². The maximum atomic E-state index is 13.7. The van der Waals surface area contributed by atoms with Gasteiger partial charge in [-0.3, -0.25) is 9.69 Å². The second kappa shape index (κ2) is 5.67. The van der Waals surface area contributed by atoms with Gasteiger partial charge >= 0.3 is 5.97 Å². The maximum Gasteiger partial charge on any atom is 0.323 e. The fraction of sp³-hybridized carbons (Fsp3) is 0.462. The molecule has 1 aliphatic heterocycles. The van der Waals surface area contributed by atoms with Gasteiger partial charge in [0, 0.05) is 17.1 Å². The molecule has 5 heteroatoms. The molecule has 3 nitrogen and oxygen atoms in total. The molecule has 98 valence electrons. The first kappa shape index (κ1) is 13.3. The van der Waals surface area contributed by atoms with E-state index in [0.717, 1.165) is 19.4 Å². The summed E-state index contributed by atoms with van der Waals surface area (Å²) >= 11 is 5.99. The molecule has 18 heavy (non-hydrogen) atoms. The summed E-state index contributed by atoms with van der Waals surface area (Å²) in [5, 5.41) is 0.394. The largest absolute Gasteiger partial charge is 0.468 e. The smallest absolute Gasteiger partial charge is 0.323 e. The van der Waals surface area contributed by atoms with Crippen LogP contribution in [0.1, 0.15) is 18.4 Å². The minimum atomic E-state index is -0.335. The first-order valence-electron chi connectivity index (χ1n) is 5.88. The number of ether oxygens (including phenoxy) is 1. The molecule has 1 heterocycles. The minimum Gasteiger partial charge on any atom is -0.468 e. The van der Waals surface area contributed by atoms with Crippen molar-refractivity contribution >= 4 is 17.6 Å². The number of benzene rings is 1. The lowest BCUT2D eigenvalue weighted by atomic mass is 10.1. The van der Waals surface area contributed by atoms with Gasteiger partial charge in [0.05, 0.1) is 7.11 Å². The Bertz CT molecular complexity index is 432. The predicted molar refractivity (Wildman–Crippen MR) is 66.9 cm³/mol. The first-order chi connectivity index (χ1) is 8.63. The van der Waals surface area contributed by atoms with Crippen molar-refractivity contribution in [3.05, 3.63) is 34.6 Å². The van der Waals surface area contributed by atoms with E-state index in [4.69, 9.17) is 16.3 Å². The Morgan fingerprint density at radius 1 is 1.61 bits per heavy atom. The third-order valence-corrected chi connectivity index (χ3v) is 3.61. The zero-order valence-electron chi connectivity index (χ0n) is 10.2. The molecule has 0 bridgehead atoms. The van der Waals surface area contributed by atoms with Gasteiger partial charge in [-0.15, -0.1) is 0 Å². The third kappa shape index (κ3) is 2.65. The molecule has 0 aromatic heterocycles. The van der Waals surface area contributed by atoms with E-state index in [1.54, 1.807) is 12.1 Å². The van der Waals surface area contributed by atoms with Crippen LogP contribution in [0.25, 0.3) is 0 Å². The summed E-state index contributed by atoms with van der Waals surface area (Å²) in [6, 6.07) is 4.32. The van der Waals surface area contributed by atoms with Crippen LogP contribution in [-0.4, -0.2) is 30.6 Å². The first-order valence-corrected chi connectivity index (χ1v) is 6.26. The van der Waals surface area contributed by atoms with E-state index < -0.39 is 0 Å². The normalized spacial score (nSPS) is 20.1. The Hall–Kier alpha value is -1.13. The molecular formula is C13H15ClFNO2. The Labute approximate surface area is 110 Å². The number of hydrogen-bond donors (Lipinski definition) is 0. The SMILES string of the molecule is COC(=O)C1CCCN1Cc1c(F)cccc1Cl. The minimum absolute atomic E-state index is 0.264. The molecule has 0 N–H and O–H groups in total. The molecule has 1 fully saturated rings. The second-order valence-corrected chi connectivity index (χ2v) is 4.76. The van der Waals surface area contributed by atoms with E-state index in [1.807, 2.05) is 4.90 Å². The van der Waals surface area contributed by atoms with E-state index in [-0.39, 0.29) is 17.8 Å². The molecule has 1 atom stereocenters. The molecule has 1 saturated heterocycles. The van der Waals surface area contributed by atoms with Crippen molar-refractivity contribution in [2.24, 2.45) is 0 Å². The van der Waals surface area contributed by atoms with Crippen LogP contribution in [0.3, 0.4) is 0 Å². The number of hydrogen-bond acceptors (Lipinski definition) is 3. The zero-order valence-corrected chi connectivity index (χ0v) is 10.9. The lowest BCUT2D eigenvalue weighted by molar-refractivity contribution is -0.146. The lowest BCUT2D eigenvalue weighted by Gasteiger charge is -2.22. The number of carbonyl (C=O) groups is 1. The highest BCUT2D eigenvalue weighted by Gasteiger charge is 2.32. The monoisotopic (exact) mass is 271 g/mol. The highest BCUT2D eigenvalue weighted by Crippen LogP contribution is 2.26. The summed E-state index contributed by atoms with van der Waals surface area (Å²) in [5.74, 6) is -0.599. The van der Waals surface area contributed by atoms with Crippen LogP contribution in [0.5, 0.6) is 0 Å². The molecule has 1 aromatic rings. The Morgan fingerprint density at radius 2 is 2.39 bits per heavy atom. The van der Waals surface area contributed by atoms with E-state index in [2.05, 4.69) is 0 Å². The maximum absolute atomic E-state index is 13.7. The highest BCUT2D eigenvalue weighted by atomic mass is 35.5. The molecule has 1 aliphatic rings. The van der Waals surface area contributed by atoms with Crippen molar-refractivity contribution in [3.63, 3.8) is 0 Å². The molecule has 1 unspecified atom stereocenters. The van der Waals surface area contributed by atoms with Gasteiger partial charge in [0.2, 0.25) is 0 Å². The standard InChI is InChI=1S/C13H15ClFNO2/c1-18-13(17)12-6-3-7-16(12)8-9-10(14)4-2-5-11(9)15/h2,4-5,12H,3,6-8H2,1H3. The molecule has 0 spiro atoms. The topological polar surface area (TPSA) is 29.5 Å². The molecule has 0 radical (unpaired) electrons. The number of nitrogens with zero attached hydrogens (tertiary/aromatic N) is 1. The number of rotatable bonds is 3. The quantitative estimate of drug-likeness (QED) is 0.792. The van der Waals surface area contributed by atoms with Gasteiger partial charge in [-0.05, 0) is 31.5 Å². The van der Waals surface area contributed by atoms with Crippen LogP contribution in [0.2, 0.25) is 5.02 Å². The van der Waals surface area contributed by atoms with Crippen molar-refractivity contribution in [3.8, 4) is 0 Å². The summed E-state index contributed by atoms with van der Waals surface area (Å²) in [6.45, 7) is 1.09. The lowest BCUT2D eigenvalue weighted by Crippen LogP contribution is -2.36. The third-order valence-electron chi connectivity index (χ3n) is 3.26. The summed E-state index contributed by atoms with van der Waals surface area (Å²) in [4.78, 5) is 13.5. The van der Waals surface area contributed by atoms with Crippen molar-refractivity contribution in [2.75, 3.05) is 13.7 Å². The van der Waals surface area contributed by atoms with Crippen LogP contribution in [-0.2, 0) is 16.1 Å². The summed E-state index contributed by atoms with van der Waals surface area (Å²) in [6.07, 6.45) is 1.66. The average Bonchev–Trinajstić information content (AvgIpc) is 2.81. The number of halogens is 2. The van der Waals surface area contributed by atoms with E-state index in [1.165, 1.54) is 13.2 Å². The summed E-state index contributed by atoms with van der Waals surface area (Å²) < 4.78 is 18.4. The molecule has 1 aromatic carbocycles. The number of esters is 1. The summed E-state index contributed by atoms with van der Waals surface area (Å²) in [7, 11) is 1.37. The van der Waals surface area contributed by atoms with Crippen molar-refractivity contribution in [1.29, 1.82) is 0 Å². The van der Waals surface area contributed by atoms with Gasteiger partial charge in [0.15, 0.2) is 0 Å². The number of likely N-dealkylation sites (tertiary alicyclic amines) is 1. The van der Waals surface area contributed by atoms with Crippen molar-refractivity contribution in [2.45, 2.75) is 25.4 Å². The van der Waals surface area contributed by atoms with Crippen molar-refractivity contribution < 1.29 is 13.9 Å². The number of carbonyl (C=O) groups excluding carboxylic acids is 1. The van der Waals surface area contributed by atoms with Gasteiger partial charge in [-0.25, -0.2) is 4.39 Å². The van der Waals surface area contributed by atoms with Crippen LogP contribution < -0.4 is 0 Å². The molecule has 2 rings (SSSR count). The Balaban J connectivity index is 2.16. The second-order valence-electron chi connectivity index (χ2n) is 4.35. The zero-order chi connectivity index (χ0) is 13.1. The predicted octanol–water partition coefficient (Wildman–Crippen LogP) is 2.62. The molecule has 0 amide bonds. The van der Waals surface area contributed by atoms with E-state index in [9.17, 15) is 9.18 Å². The number of methoxy groups -OCH3 is 1. The van der Waals surface area contributed by atoms with Gasteiger partial charge in [0.1, 0.15) is 11.9 Å². The fourth-order valence-corrected chi connectivity index (χ4v) is 2.53. The fourth-order valence-electron chi connectivity index (χ4n) is 2.30. The van der Waals surface area contributed by atoms with Gasteiger partial charge in [-0.1, -0.05) is 17.7 Å². The van der Waals surface area contributed by atoms with Gasteiger partial charge in [-0.2, -0.15) is 0 Å². The molecular weight excluding hydrogens is 257 g/mol. The van der Waals surface area contributed by atoms with E-state index >= 15 is 0 Å². The Morgan fingerprint density at radius 3 is 3.06 bits per heavy atom. The van der Waals surface area contributed by atoms with E-state index in [0.29, 0.717) is 17.1 Å². The van der Waals surface area contributed by atoms with Crippen LogP contribution >= 0.6 is 11.6 Å². The van der Waals surface area contributed by atoms with Crippen molar-refractivity contribution in [1.82, 2.24) is 4.90 Å². The van der Waals surface area contributed by atoms with Crippen LogP contribution in [0, 0.1) is 5.82 Å². The van der Waals surface area contributed by atoms with Crippen LogP contribution in [0.15, 0.2) is 18.2 Å². The van der Waals surface area contributed by atoms with Gasteiger partial charge < -0.3 is 4.74 Å². The average molecular weight is 272 g/mol. The highest BCUT2D eigenvalue weighted by molar-refractivity contribution is 6.31. The van der Waals surface area contributed by atoms with Gasteiger partial charge in [0.25, 0.3) is 0 Å². The molecule has 0 saturated carbocycles. The Kier molecular flexibility index (Phi) is 4.19. The molecule has 0 aliphatic carbocycles.